The van der Waals surface area contributed by atoms with E-state index in [4.69, 9.17) is 11.6 Å². The zero-order valence-electron chi connectivity index (χ0n) is 9.27. The Morgan fingerprint density at radius 1 is 1.41 bits per heavy atom. The molecule has 17 heavy (non-hydrogen) atoms. The van der Waals surface area contributed by atoms with Gasteiger partial charge in [0.15, 0.2) is 0 Å². The number of hydrogen-bond donors (Lipinski definition) is 1. The van der Waals surface area contributed by atoms with Crippen molar-refractivity contribution in [1.29, 1.82) is 0 Å². The van der Waals surface area contributed by atoms with Gasteiger partial charge in [0.05, 0.1) is 7.11 Å². The first kappa shape index (κ1) is 11.9. The molecule has 90 valence electrons. The van der Waals surface area contributed by atoms with Gasteiger partial charge in [-0.2, -0.15) is 0 Å². The topological polar surface area (TPSA) is 55.4 Å². The SMILES string of the molecule is COC(=O)C1C(=O)NCC1c1ccc(Cl)cc1. The van der Waals surface area contributed by atoms with Gasteiger partial charge < -0.3 is 10.1 Å². The molecule has 0 aromatic heterocycles. The van der Waals surface area contributed by atoms with Crippen LogP contribution in [0.4, 0.5) is 0 Å². The van der Waals surface area contributed by atoms with Crippen LogP contribution in [0.3, 0.4) is 0 Å². The number of carbonyl (C=O) groups excluding carboxylic acids is 2. The van der Waals surface area contributed by atoms with E-state index in [0.29, 0.717) is 11.6 Å². The van der Waals surface area contributed by atoms with Gasteiger partial charge in [0, 0.05) is 17.5 Å². The molecule has 5 heteroatoms. The van der Waals surface area contributed by atoms with Crippen LogP contribution in [0.25, 0.3) is 0 Å². The van der Waals surface area contributed by atoms with E-state index in [2.05, 4.69) is 10.1 Å². The quantitative estimate of drug-likeness (QED) is 0.639. The lowest BCUT2D eigenvalue weighted by Gasteiger charge is -2.14. The molecular formula is C12H12ClNO3. The monoisotopic (exact) mass is 253 g/mol. The second-order valence-corrected chi connectivity index (χ2v) is 4.34. The maximum Gasteiger partial charge on any atom is 0.318 e. The van der Waals surface area contributed by atoms with E-state index in [1.54, 1.807) is 12.1 Å². The largest absolute Gasteiger partial charge is 0.468 e. The number of rotatable bonds is 2. The number of esters is 1. The molecule has 2 unspecified atom stereocenters. The molecule has 1 heterocycles. The molecule has 4 nitrogen and oxygen atoms in total. The smallest absolute Gasteiger partial charge is 0.318 e. The molecule has 0 aliphatic carbocycles. The number of benzene rings is 1. The molecule has 1 aliphatic heterocycles. The Hall–Kier alpha value is -1.55. The van der Waals surface area contributed by atoms with Crippen molar-refractivity contribution in [1.82, 2.24) is 5.32 Å². The number of amides is 1. The lowest BCUT2D eigenvalue weighted by Crippen LogP contribution is -2.28. The van der Waals surface area contributed by atoms with Crippen LogP contribution in [0.15, 0.2) is 24.3 Å². The van der Waals surface area contributed by atoms with Crippen molar-refractivity contribution >= 4 is 23.5 Å². The molecule has 1 amide bonds. The van der Waals surface area contributed by atoms with Gasteiger partial charge in [-0.15, -0.1) is 0 Å². The van der Waals surface area contributed by atoms with Gasteiger partial charge in [0.1, 0.15) is 5.92 Å². The Kier molecular flexibility index (Phi) is 3.33. The van der Waals surface area contributed by atoms with Crippen molar-refractivity contribution in [2.45, 2.75) is 5.92 Å². The average Bonchev–Trinajstić information content (AvgIpc) is 2.71. The second-order valence-electron chi connectivity index (χ2n) is 3.90. The number of ether oxygens (including phenoxy) is 1. The fraction of sp³-hybridized carbons (Fsp3) is 0.333. The van der Waals surface area contributed by atoms with E-state index in [0.717, 1.165) is 5.56 Å². The van der Waals surface area contributed by atoms with Crippen LogP contribution < -0.4 is 5.32 Å². The summed E-state index contributed by atoms with van der Waals surface area (Å²) >= 11 is 5.80. The van der Waals surface area contributed by atoms with Gasteiger partial charge in [0.2, 0.25) is 5.91 Å². The molecule has 0 radical (unpaired) electrons. The highest BCUT2D eigenvalue weighted by Gasteiger charge is 2.41. The van der Waals surface area contributed by atoms with Crippen molar-refractivity contribution in [3.8, 4) is 0 Å². The lowest BCUT2D eigenvalue weighted by atomic mass is 9.89. The molecule has 2 rings (SSSR count). The van der Waals surface area contributed by atoms with Crippen LogP contribution in [-0.2, 0) is 14.3 Å². The van der Waals surface area contributed by atoms with Crippen molar-refractivity contribution < 1.29 is 14.3 Å². The summed E-state index contributed by atoms with van der Waals surface area (Å²) in [5, 5.41) is 3.30. The second kappa shape index (κ2) is 4.75. The summed E-state index contributed by atoms with van der Waals surface area (Å²) in [6.45, 7) is 0.445. The van der Waals surface area contributed by atoms with Gasteiger partial charge in [-0.1, -0.05) is 23.7 Å². The van der Waals surface area contributed by atoms with E-state index in [-0.39, 0.29) is 11.8 Å². The summed E-state index contributed by atoms with van der Waals surface area (Å²) in [6.07, 6.45) is 0. The molecular weight excluding hydrogens is 242 g/mol. The van der Waals surface area contributed by atoms with E-state index in [1.165, 1.54) is 7.11 Å². The average molecular weight is 254 g/mol. The minimum Gasteiger partial charge on any atom is -0.468 e. The Bertz CT molecular complexity index is 444. The predicted octanol–water partition coefficient (Wildman–Crippen LogP) is 1.34. The maximum atomic E-state index is 11.6. The molecule has 0 saturated carbocycles. The molecule has 1 N–H and O–H groups in total. The van der Waals surface area contributed by atoms with Crippen molar-refractivity contribution in [3.05, 3.63) is 34.9 Å². The van der Waals surface area contributed by atoms with Gasteiger partial charge in [-0.05, 0) is 17.7 Å². The lowest BCUT2D eigenvalue weighted by molar-refractivity contribution is -0.149. The van der Waals surface area contributed by atoms with Crippen LogP contribution in [-0.4, -0.2) is 25.5 Å². The maximum absolute atomic E-state index is 11.6. The normalized spacial score (nSPS) is 23.3. The molecule has 0 bridgehead atoms. The van der Waals surface area contributed by atoms with Gasteiger partial charge in [-0.3, -0.25) is 9.59 Å². The molecule has 1 aromatic carbocycles. The molecule has 1 fully saturated rings. The summed E-state index contributed by atoms with van der Waals surface area (Å²) in [5.41, 5.74) is 0.906. The van der Waals surface area contributed by atoms with E-state index in [9.17, 15) is 9.59 Å². The van der Waals surface area contributed by atoms with Crippen LogP contribution in [0.2, 0.25) is 5.02 Å². The van der Waals surface area contributed by atoms with Gasteiger partial charge in [-0.25, -0.2) is 0 Å². The zero-order valence-corrected chi connectivity index (χ0v) is 10.0. The van der Waals surface area contributed by atoms with E-state index < -0.39 is 11.9 Å². The molecule has 1 aromatic rings. The number of carbonyl (C=O) groups is 2. The number of halogens is 1. The minimum atomic E-state index is -0.763. The molecule has 1 saturated heterocycles. The number of methoxy groups -OCH3 is 1. The van der Waals surface area contributed by atoms with Crippen molar-refractivity contribution in [3.63, 3.8) is 0 Å². The summed E-state index contributed by atoms with van der Waals surface area (Å²) in [7, 11) is 1.28. The third-order valence-corrected chi connectivity index (χ3v) is 3.19. The third kappa shape index (κ3) is 2.26. The highest BCUT2D eigenvalue weighted by molar-refractivity contribution is 6.30. The van der Waals surface area contributed by atoms with Gasteiger partial charge >= 0.3 is 5.97 Å². The standard InChI is InChI=1S/C12H12ClNO3/c1-17-12(16)10-9(6-14-11(10)15)7-2-4-8(13)5-3-7/h2-5,9-10H,6H2,1H3,(H,14,15). The Morgan fingerprint density at radius 2 is 2.06 bits per heavy atom. The van der Waals surface area contributed by atoms with E-state index >= 15 is 0 Å². The zero-order chi connectivity index (χ0) is 12.4. The Labute approximate surface area is 104 Å². The first-order valence-corrected chi connectivity index (χ1v) is 5.62. The van der Waals surface area contributed by atoms with Crippen LogP contribution in [0.5, 0.6) is 0 Å². The summed E-state index contributed by atoms with van der Waals surface area (Å²) < 4.78 is 4.65. The number of nitrogens with one attached hydrogen (secondary N) is 1. The van der Waals surface area contributed by atoms with E-state index in [1.807, 2.05) is 12.1 Å². The van der Waals surface area contributed by atoms with Crippen molar-refractivity contribution in [2.75, 3.05) is 13.7 Å². The fourth-order valence-electron chi connectivity index (χ4n) is 2.04. The Balaban J connectivity index is 2.28. The highest BCUT2D eigenvalue weighted by Crippen LogP contribution is 2.30. The third-order valence-electron chi connectivity index (χ3n) is 2.93. The predicted molar refractivity (Wildman–Crippen MR) is 62.7 cm³/mol. The summed E-state index contributed by atoms with van der Waals surface area (Å²) in [5.74, 6) is -1.73. The fourth-order valence-corrected chi connectivity index (χ4v) is 2.17. The van der Waals surface area contributed by atoms with Crippen LogP contribution in [0, 0.1) is 5.92 Å². The minimum absolute atomic E-state index is 0.188. The van der Waals surface area contributed by atoms with Crippen molar-refractivity contribution in [2.24, 2.45) is 5.92 Å². The highest BCUT2D eigenvalue weighted by atomic mass is 35.5. The first-order valence-electron chi connectivity index (χ1n) is 5.24. The first-order chi connectivity index (χ1) is 8.13. The molecule has 2 atom stereocenters. The summed E-state index contributed by atoms with van der Waals surface area (Å²) in [6, 6.07) is 7.13. The summed E-state index contributed by atoms with van der Waals surface area (Å²) in [4.78, 5) is 23.2. The molecule has 1 aliphatic rings. The molecule has 0 spiro atoms. The number of hydrogen-bond acceptors (Lipinski definition) is 3. The Morgan fingerprint density at radius 3 is 2.65 bits per heavy atom. The van der Waals surface area contributed by atoms with Crippen LogP contribution >= 0.6 is 11.6 Å². The van der Waals surface area contributed by atoms with Gasteiger partial charge in [0.25, 0.3) is 0 Å². The van der Waals surface area contributed by atoms with Crippen LogP contribution in [0.1, 0.15) is 11.5 Å².